The smallest absolute Gasteiger partial charge is 0.319 e. The fourth-order valence-electron chi connectivity index (χ4n) is 2.96. The Labute approximate surface area is 137 Å². The van der Waals surface area contributed by atoms with Crippen LogP contribution in [0.1, 0.15) is 12.8 Å². The molecule has 120 valence electrons. The van der Waals surface area contributed by atoms with Crippen molar-refractivity contribution in [3.05, 3.63) is 54.6 Å². The Balaban J connectivity index is 1.58. The molecule has 1 aliphatic heterocycles. The van der Waals surface area contributed by atoms with Crippen LogP contribution >= 0.6 is 0 Å². The van der Waals surface area contributed by atoms with Gasteiger partial charge in [-0.2, -0.15) is 0 Å². The molecule has 4 nitrogen and oxygen atoms in total. The summed E-state index contributed by atoms with van der Waals surface area (Å²) in [5.41, 5.74) is 2.96. The van der Waals surface area contributed by atoms with Crippen LogP contribution in [0.15, 0.2) is 54.6 Å². The summed E-state index contributed by atoms with van der Waals surface area (Å²) in [6, 6.07) is 17.8. The lowest BCUT2D eigenvalue weighted by molar-refractivity contribution is 0.249. The van der Waals surface area contributed by atoms with Crippen molar-refractivity contribution < 1.29 is 4.79 Å². The third-order valence-corrected chi connectivity index (χ3v) is 4.17. The highest BCUT2D eigenvalue weighted by atomic mass is 16.2. The first-order chi connectivity index (χ1) is 11.3. The standard InChI is InChI=1S/C19H23N3O/c23-19(20-12-15-22-13-6-7-14-22)21-18-11-5-4-10-17(18)16-8-2-1-3-9-16/h1-5,8-11H,6-7,12-15H2,(H2,20,21,23). The highest BCUT2D eigenvalue weighted by Gasteiger charge is 2.11. The van der Waals surface area contributed by atoms with E-state index in [1.165, 1.54) is 12.8 Å². The Morgan fingerprint density at radius 2 is 1.65 bits per heavy atom. The number of likely N-dealkylation sites (tertiary alicyclic amines) is 1. The van der Waals surface area contributed by atoms with Crippen molar-refractivity contribution >= 4 is 11.7 Å². The summed E-state index contributed by atoms with van der Waals surface area (Å²) in [4.78, 5) is 14.5. The first-order valence-electron chi connectivity index (χ1n) is 8.24. The van der Waals surface area contributed by atoms with Gasteiger partial charge in [0, 0.05) is 18.7 Å². The van der Waals surface area contributed by atoms with Crippen molar-refractivity contribution in [2.75, 3.05) is 31.5 Å². The van der Waals surface area contributed by atoms with Gasteiger partial charge >= 0.3 is 6.03 Å². The van der Waals surface area contributed by atoms with E-state index in [4.69, 9.17) is 0 Å². The third-order valence-electron chi connectivity index (χ3n) is 4.17. The number of hydrogen-bond acceptors (Lipinski definition) is 2. The topological polar surface area (TPSA) is 44.4 Å². The summed E-state index contributed by atoms with van der Waals surface area (Å²) in [5, 5.41) is 5.91. The minimum absolute atomic E-state index is 0.146. The van der Waals surface area contributed by atoms with Gasteiger partial charge in [0.1, 0.15) is 0 Å². The largest absolute Gasteiger partial charge is 0.337 e. The van der Waals surface area contributed by atoms with Crippen molar-refractivity contribution in [2.45, 2.75) is 12.8 Å². The molecule has 2 aromatic rings. The van der Waals surface area contributed by atoms with Crippen LogP contribution in [0.5, 0.6) is 0 Å². The van der Waals surface area contributed by atoms with E-state index in [-0.39, 0.29) is 6.03 Å². The van der Waals surface area contributed by atoms with Crippen molar-refractivity contribution in [3.63, 3.8) is 0 Å². The Hall–Kier alpha value is -2.33. The summed E-state index contributed by atoms with van der Waals surface area (Å²) in [7, 11) is 0. The zero-order valence-corrected chi connectivity index (χ0v) is 13.3. The maximum atomic E-state index is 12.1. The predicted octanol–water partition coefficient (Wildman–Crippen LogP) is 3.57. The minimum atomic E-state index is -0.146. The number of carbonyl (C=O) groups excluding carboxylic acids is 1. The van der Waals surface area contributed by atoms with Gasteiger partial charge in [-0.1, -0.05) is 48.5 Å². The van der Waals surface area contributed by atoms with Crippen LogP contribution in [-0.4, -0.2) is 37.1 Å². The number of rotatable bonds is 5. The molecule has 0 aliphatic carbocycles. The van der Waals surface area contributed by atoms with Gasteiger partial charge in [-0.05, 0) is 37.6 Å². The van der Waals surface area contributed by atoms with Gasteiger partial charge in [-0.15, -0.1) is 0 Å². The van der Waals surface area contributed by atoms with Crippen LogP contribution < -0.4 is 10.6 Å². The number of benzene rings is 2. The van der Waals surface area contributed by atoms with Gasteiger partial charge in [-0.3, -0.25) is 0 Å². The van der Waals surface area contributed by atoms with Gasteiger partial charge in [0.2, 0.25) is 0 Å². The molecule has 2 aromatic carbocycles. The van der Waals surface area contributed by atoms with Crippen LogP contribution in [-0.2, 0) is 0 Å². The number of nitrogens with zero attached hydrogens (tertiary/aromatic N) is 1. The monoisotopic (exact) mass is 309 g/mol. The number of amides is 2. The molecule has 2 N–H and O–H groups in total. The molecule has 0 bridgehead atoms. The Kier molecular flexibility index (Phi) is 5.27. The van der Waals surface area contributed by atoms with Crippen molar-refractivity contribution in [3.8, 4) is 11.1 Å². The van der Waals surface area contributed by atoms with E-state index in [0.29, 0.717) is 6.54 Å². The second-order valence-corrected chi connectivity index (χ2v) is 5.84. The zero-order valence-electron chi connectivity index (χ0n) is 13.3. The molecule has 3 rings (SSSR count). The van der Waals surface area contributed by atoms with E-state index in [1.54, 1.807) is 0 Å². The van der Waals surface area contributed by atoms with Crippen molar-refractivity contribution in [1.82, 2.24) is 10.2 Å². The van der Waals surface area contributed by atoms with E-state index in [0.717, 1.165) is 36.4 Å². The number of para-hydroxylation sites is 1. The quantitative estimate of drug-likeness (QED) is 0.887. The Morgan fingerprint density at radius 3 is 2.43 bits per heavy atom. The second-order valence-electron chi connectivity index (χ2n) is 5.84. The molecule has 0 radical (unpaired) electrons. The summed E-state index contributed by atoms with van der Waals surface area (Å²) in [5.74, 6) is 0. The lowest BCUT2D eigenvalue weighted by atomic mass is 10.0. The molecule has 0 saturated carbocycles. The van der Waals surface area contributed by atoms with E-state index in [9.17, 15) is 4.79 Å². The van der Waals surface area contributed by atoms with E-state index in [2.05, 4.69) is 15.5 Å². The van der Waals surface area contributed by atoms with Crippen molar-refractivity contribution in [1.29, 1.82) is 0 Å². The second kappa shape index (κ2) is 7.79. The van der Waals surface area contributed by atoms with Crippen LogP contribution in [0.2, 0.25) is 0 Å². The number of nitrogens with one attached hydrogen (secondary N) is 2. The summed E-state index contributed by atoms with van der Waals surface area (Å²) >= 11 is 0. The molecule has 1 fully saturated rings. The fourth-order valence-corrected chi connectivity index (χ4v) is 2.96. The predicted molar refractivity (Wildman–Crippen MR) is 94.6 cm³/mol. The highest BCUT2D eigenvalue weighted by Crippen LogP contribution is 2.27. The molecule has 1 saturated heterocycles. The maximum absolute atomic E-state index is 12.1. The first kappa shape index (κ1) is 15.6. The molecular formula is C19H23N3O. The summed E-state index contributed by atoms with van der Waals surface area (Å²) in [6.07, 6.45) is 2.55. The lowest BCUT2D eigenvalue weighted by Crippen LogP contribution is -2.36. The molecule has 23 heavy (non-hydrogen) atoms. The average Bonchev–Trinajstić information content (AvgIpc) is 3.09. The summed E-state index contributed by atoms with van der Waals surface area (Å²) < 4.78 is 0. The van der Waals surface area contributed by atoms with Gasteiger partial charge in [0.15, 0.2) is 0 Å². The number of urea groups is 1. The normalized spacial score (nSPS) is 14.6. The molecular weight excluding hydrogens is 286 g/mol. The summed E-state index contributed by atoms with van der Waals surface area (Å²) in [6.45, 7) is 3.91. The Bertz CT molecular complexity index is 636. The minimum Gasteiger partial charge on any atom is -0.337 e. The van der Waals surface area contributed by atoms with E-state index in [1.807, 2.05) is 54.6 Å². The molecule has 4 heteroatoms. The van der Waals surface area contributed by atoms with Crippen LogP contribution in [0.25, 0.3) is 11.1 Å². The Morgan fingerprint density at radius 1 is 0.957 bits per heavy atom. The number of anilines is 1. The van der Waals surface area contributed by atoms with E-state index >= 15 is 0 Å². The fraction of sp³-hybridized carbons (Fsp3) is 0.316. The van der Waals surface area contributed by atoms with Gasteiger partial charge in [0.25, 0.3) is 0 Å². The highest BCUT2D eigenvalue weighted by molar-refractivity contribution is 5.94. The van der Waals surface area contributed by atoms with Crippen LogP contribution in [0.3, 0.4) is 0 Å². The number of hydrogen-bond donors (Lipinski definition) is 2. The van der Waals surface area contributed by atoms with Crippen LogP contribution in [0, 0.1) is 0 Å². The van der Waals surface area contributed by atoms with Gasteiger partial charge in [0.05, 0.1) is 5.69 Å². The maximum Gasteiger partial charge on any atom is 0.319 e. The average molecular weight is 309 g/mol. The lowest BCUT2D eigenvalue weighted by Gasteiger charge is -2.16. The third kappa shape index (κ3) is 4.33. The molecule has 0 aromatic heterocycles. The number of carbonyl (C=O) groups is 1. The molecule has 0 spiro atoms. The van der Waals surface area contributed by atoms with Gasteiger partial charge < -0.3 is 15.5 Å². The zero-order chi connectivity index (χ0) is 15.9. The molecule has 1 heterocycles. The molecule has 2 amide bonds. The molecule has 1 aliphatic rings. The van der Waals surface area contributed by atoms with E-state index < -0.39 is 0 Å². The van der Waals surface area contributed by atoms with Gasteiger partial charge in [-0.25, -0.2) is 4.79 Å². The van der Waals surface area contributed by atoms with Crippen LogP contribution in [0.4, 0.5) is 10.5 Å². The SMILES string of the molecule is O=C(NCCN1CCCC1)Nc1ccccc1-c1ccccc1. The first-order valence-corrected chi connectivity index (χ1v) is 8.24. The molecule has 0 atom stereocenters. The molecule has 0 unspecified atom stereocenters. The van der Waals surface area contributed by atoms with Crippen molar-refractivity contribution in [2.24, 2.45) is 0 Å².